The number of hydrogen-bond donors (Lipinski definition) is 3. The molecule has 0 heterocycles. The van der Waals surface area contributed by atoms with E-state index in [1.54, 1.807) is 24.3 Å². The van der Waals surface area contributed by atoms with Crippen LogP contribution in [0.4, 0.5) is 0 Å². The molecule has 0 atom stereocenters. The van der Waals surface area contributed by atoms with E-state index in [4.69, 9.17) is 5.11 Å². The molecule has 2 rings (SSSR count). The highest BCUT2D eigenvalue weighted by Gasteiger charge is 2.16. The highest BCUT2D eigenvalue weighted by Crippen LogP contribution is 2.16. The molecule has 0 spiro atoms. The standard InChI is InChI=1S/C19H19BrN2O3/c20-16-10-5-4-9-15(16)18(24)22-17(19(25)21-11-6-12-23)13-14-7-2-1-3-8-14/h1-5,7-10,13,23H,6,11-12H2,(H,21,25)(H,22,24)/b17-13-. The summed E-state index contributed by atoms with van der Waals surface area (Å²) in [6, 6.07) is 16.2. The fraction of sp³-hybridized carbons (Fsp3) is 0.158. The van der Waals surface area contributed by atoms with Crippen molar-refractivity contribution in [2.75, 3.05) is 13.2 Å². The van der Waals surface area contributed by atoms with E-state index < -0.39 is 5.91 Å². The average Bonchev–Trinajstić information content (AvgIpc) is 2.62. The van der Waals surface area contributed by atoms with Crippen LogP contribution >= 0.6 is 15.9 Å². The van der Waals surface area contributed by atoms with Crippen LogP contribution in [0.1, 0.15) is 22.3 Å². The van der Waals surface area contributed by atoms with Crippen molar-refractivity contribution in [3.63, 3.8) is 0 Å². The lowest BCUT2D eigenvalue weighted by molar-refractivity contribution is -0.117. The predicted molar refractivity (Wildman–Crippen MR) is 101 cm³/mol. The summed E-state index contributed by atoms with van der Waals surface area (Å²) in [5.74, 6) is -0.787. The summed E-state index contributed by atoms with van der Waals surface area (Å²) >= 11 is 3.33. The maximum Gasteiger partial charge on any atom is 0.267 e. The van der Waals surface area contributed by atoms with Crippen molar-refractivity contribution in [1.29, 1.82) is 0 Å². The molecule has 0 saturated heterocycles. The van der Waals surface area contributed by atoms with Crippen molar-refractivity contribution in [1.82, 2.24) is 10.6 Å². The first-order chi connectivity index (χ1) is 12.1. The van der Waals surface area contributed by atoms with Crippen LogP contribution in [-0.2, 0) is 4.79 Å². The van der Waals surface area contributed by atoms with Crippen LogP contribution in [0.3, 0.4) is 0 Å². The van der Waals surface area contributed by atoms with E-state index in [-0.39, 0.29) is 18.2 Å². The quantitative estimate of drug-likeness (QED) is 0.492. The average molecular weight is 403 g/mol. The van der Waals surface area contributed by atoms with Gasteiger partial charge < -0.3 is 15.7 Å². The van der Waals surface area contributed by atoms with Crippen LogP contribution in [0.15, 0.2) is 64.8 Å². The molecule has 0 aromatic heterocycles. The topological polar surface area (TPSA) is 78.4 Å². The Morgan fingerprint density at radius 2 is 1.72 bits per heavy atom. The number of nitrogens with one attached hydrogen (secondary N) is 2. The van der Waals surface area contributed by atoms with Crippen LogP contribution < -0.4 is 10.6 Å². The fourth-order valence-corrected chi connectivity index (χ4v) is 2.55. The summed E-state index contributed by atoms with van der Waals surface area (Å²) in [5.41, 5.74) is 1.37. The minimum atomic E-state index is -0.405. The van der Waals surface area contributed by atoms with Crippen LogP contribution in [0.2, 0.25) is 0 Å². The monoisotopic (exact) mass is 402 g/mol. The van der Waals surface area contributed by atoms with Gasteiger partial charge in [0.05, 0.1) is 5.56 Å². The summed E-state index contributed by atoms with van der Waals surface area (Å²) in [7, 11) is 0. The van der Waals surface area contributed by atoms with Crippen molar-refractivity contribution < 1.29 is 14.7 Å². The molecule has 2 aromatic rings. The molecular formula is C19H19BrN2O3. The van der Waals surface area contributed by atoms with Crippen LogP contribution in [0.25, 0.3) is 6.08 Å². The Bertz CT molecular complexity index is 760. The number of carbonyl (C=O) groups excluding carboxylic acids is 2. The number of hydrogen-bond acceptors (Lipinski definition) is 3. The third-order valence-corrected chi connectivity index (χ3v) is 4.03. The lowest BCUT2D eigenvalue weighted by Gasteiger charge is -2.11. The number of aliphatic hydroxyl groups is 1. The third-order valence-electron chi connectivity index (χ3n) is 3.34. The summed E-state index contributed by atoms with van der Waals surface area (Å²) < 4.78 is 0.646. The van der Waals surface area contributed by atoms with Gasteiger partial charge in [-0.15, -0.1) is 0 Å². The maximum absolute atomic E-state index is 12.5. The van der Waals surface area contributed by atoms with E-state index in [2.05, 4.69) is 26.6 Å². The van der Waals surface area contributed by atoms with E-state index in [1.165, 1.54) is 0 Å². The molecule has 130 valence electrons. The van der Waals surface area contributed by atoms with Gasteiger partial charge in [-0.25, -0.2) is 0 Å². The number of halogens is 1. The predicted octanol–water partition coefficient (Wildman–Crippen LogP) is 2.72. The Kier molecular flexibility index (Phi) is 7.37. The molecule has 0 fully saturated rings. The van der Waals surface area contributed by atoms with Crippen molar-refractivity contribution in [2.24, 2.45) is 0 Å². The van der Waals surface area contributed by atoms with Crippen molar-refractivity contribution in [2.45, 2.75) is 6.42 Å². The van der Waals surface area contributed by atoms with E-state index in [0.717, 1.165) is 5.56 Å². The van der Waals surface area contributed by atoms with Crippen molar-refractivity contribution in [3.8, 4) is 0 Å². The molecule has 0 aliphatic carbocycles. The Hall–Kier alpha value is -2.44. The Morgan fingerprint density at radius 1 is 1.04 bits per heavy atom. The zero-order valence-corrected chi connectivity index (χ0v) is 15.1. The van der Waals surface area contributed by atoms with Gasteiger partial charge in [0, 0.05) is 17.6 Å². The molecule has 2 aromatic carbocycles. The first-order valence-electron chi connectivity index (χ1n) is 7.83. The molecule has 0 radical (unpaired) electrons. The van der Waals surface area contributed by atoms with Gasteiger partial charge in [-0.1, -0.05) is 42.5 Å². The minimum Gasteiger partial charge on any atom is -0.396 e. The van der Waals surface area contributed by atoms with Gasteiger partial charge in [0.2, 0.25) is 0 Å². The Morgan fingerprint density at radius 3 is 2.40 bits per heavy atom. The Balaban J connectivity index is 2.22. The second kappa shape index (κ2) is 9.76. The lowest BCUT2D eigenvalue weighted by Crippen LogP contribution is -2.35. The molecule has 0 unspecified atom stereocenters. The number of rotatable bonds is 7. The van der Waals surface area contributed by atoms with Gasteiger partial charge in [-0.3, -0.25) is 9.59 Å². The van der Waals surface area contributed by atoms with E-state index in [9.17, 15) is 9.59 Å². The number of carbonyl (C=O) groups is 2. The van der Waals surface area contributed by atoms with Gasteiger partial charge in [0.1, 0.15) is 5.70 Å². The van der Waals surface area contributed by atoms with Crippen molar-refractivity contribution in [3.05, 3.63) is 75.9 Å². The Labute approximate surface area is 154 Å². The molecule has 2 amide bonds. The second-order valence-corrected chi connectivity index (χ2v) is 6.09. The summed E-state index contributed by atoms with van der Waals surface area (Å²) in [4.78, 5) is 24.9. The van der Waals surface area contributed by atoms with Gasteiger partial charge in [0.25, 0.3) is 11.8 Å². The van der Waals surface area contributed by atoms with E-state index in [0.29, 0.717) is 23.0 Å². The minimum absolute atomic E-state index is 0.0126. The fourth-order valence-electron chi connectivity index (χ4n) is 2.09. The van der Waals surface area contributed by atoms with Crippen molar-refractivity contribution >= 4 is 33.8 Å². The van der Waals surface area contributed by atoms with Crippen LogP contribution in [-0.4, -0.2) is 30.1 Å². The largest absolute Gasteiger partial charge is 0.396 e. The number of amides is 2. The van der Waals surface area contributed by atoms with Gasteiger partial charge >= 0.3 is 0 Å². The zero-order valence-electron chi connectivity index (χ0n) is 13.5. The second-order valence-electron chi connectivity index (χ2n) is 5.24. The van der Waals surface area contributed by atoms with Crippen LogP contribution in [0.5, 0.6) is 0 Å². The van der Waals surface area contributed by atoms with E-state index in [1.807, 2.05) is 36.4 Å². The number of aliphatic hydroxyl groups excluding tert-OH is 1. The van der Waals surface area contributed by atoms with Crippen LogP contribution in [0, 0.1) is 0 Å². The normalized spacial score (nSPS) is 11.0. The zero-order chi connectivity index (χ0) is 18.1. The highest BCUT2D eigenvalue weighted by atomic mass is 79.9. The first kappa shape index (κ1) is 18.9. The van der Waals surface area contributed by atoms with Gasteiger partial charge in [-0.05, 0) is 46.1 Å². The van der Waals surface area contributed by atoms with E-state index >= 15 is 0 Å². The third kappa shape index (κ3) is 5.85. The summed E-state index contributed by atoms with van der Waals surface area (Å²) in [6.45, 7) is 0.313. The molecule has 3 N–H and O–H groups in total. The smallest absolute Gasteiger partial charge is 0.267 e. The van der Waals surface area contributed by atoms with Gasteiger partial charge in [-0.2, -0.15) is 0 Å². The molecular weight excluding hydrogens is 384 g/mol. The molecule has 0 aliphatic heterocycles. The molecule has 0 saturated carbocycles. The lowest BCUT2D eigenvalue weighted by atomic mass is 10.1. The first-order valence-corrected chi connectivity index (χ1v) is 8.63. The van der Waals surface area contributed by atoms with Gasteiger partial charge in [0.15, 0.2) is 0 Å². The molecule has 25 heavy (non-hydrogen) atoms. The number of benzene rings is 2. The highest BCUT2D eigenvalue weighted by molar-refractivity contribution is 9.10. The maximum atomic E-state index is 12.5. The molecule has 0 aliphatic rings. The SMILES string of the molecule is O=C(NCCCO)/C(=C/c1ccccc1)NC(=O)c1ccccc1Br. The molecule has 6 heteroatoms. The summed E-state index contributed by atoms with van der Waals surface area (Å²) in [6.07, 6.45) is 2.06. The summed E-state index contributed by atoms with van der Waals surface area (Å²) in [5, 5.41) is 14.2. The molecule has 0 bridgehead atoms. The molecule has 5 nitrogen and oxygen atoms in total.